The lowest BCUT2D eigenvalue weighted by Crippen LogP contribution is -2.34. The highest BCUT2D eigenvalue weighted by atomic mass is 35.5. The molecule has 1 aliphatic rings. The van der Waals surface area contributed by atoms with Gasteiger partial charge in [-0.2, -0.15) is 0 Å². The average Bonchev–Trinajstić information content (AvgIpc) is 2.49. The SMILES string of the molecule is COC(=O)[C@@H](N)CC1=CN[C@H](S)N1.Cl. The van der Waals surface area contributed by atoms with Gasteiger partial charge in [0.25, 0.3) is 0 Å². The van der Waals surface area contributed by atoms with Gasteiger partial charge in [-0.05, 0) is 0 Å². The van der Waals surface area contributed by atoms with Crippen molar-refractivity contribution in [2.24, 2.45) is 5.73 Å². The molecule has 4 N–H and O–H groups in total. The van der Waals surface area contributed by atoms with Crippen LogP contribution in [0.4, 0.5) is 0 Å². The Hall–Kier alpha value is -0.590. The molecular weight excluding hydrogens is 226 g/mol. The quantitative estimate of drug-likeness (QED) is 0.396. The molecule has 0 saturated heterocycles. The van der Waals surface area contributed by atoms with Crippen molar-refractivity contribution in [3.63, 3.8) is 0 Å². The van der Waals surface area contributed by atoms with Gasteiger partial charge in [0.05, 0.1) is 7.11 Å². The molecular formula is C7H14ClN3O2S. The second-order valence-corrected chi connectivity index (χ2v) is 3.23. The third kappa shape index (κ3) is 3.65. The number of esters is 1. The van der Waals surface area contributed by atoms with Crippen LogP contribution in [0.1, 0.15) is 6.42 Å². The van der Waals surface area contributed by atoms with E-state index in [0.29, 0.717) is 6.42 Å². The van der Waals surface area contributed by atoms with Gasteiger partial charge in [0.2, 0.25) is 0 Å². The van der Waals surface area contributed by atoms with E-state index in [-0.39, 0.29) is 17.9 Å². The lowest BCUT2D eigenvalue weighted by Gasteiger charge is -2.11. The second-order valence-electron chi connectivity index (χ2n) is 2.72. The fraction of sp³-hybridized carbons (Fsp3) is 0.571. The molecule has 0 unspecified atom stereocenters. The molecule has 5 nitrogen and oxygen atoms in total. The molecule has 0 bridgehead atoms. The van der Waals surface area contributed by atoms with Crippen LogP contribution in [0.25, 0.3) is 0 Å². The van der Waals surface area contributed by atoms with E-state index in [1.807, 2.05) is 0 Å². The zero-order valence-corrected chi connectivity index (χ0v) is 9.40. The van der Waals surface area contributed by atoms with E-state index in [1.54, 1.807) is 6.20 Å². The summed E-state index contributed by atoms with van der Waals surface area (Å²) in [5, 5.41) is 5.91. The largest absolute Gasteiger partial charge is 0.468 e. The summed E-state index contributed by atoms with van der Waals surface area (Å²) in [7, 11) is 1.32. The molecule has 14 heavy (non-hydrogen) atoms. The van der Waals surface area contributed by atoms with Crippen molar-refractivity contribution in [2.45, 2.75) is 18.0 Å². The molecule has 0 saturated carbocycles. The molecule has 0 radical (unpaired) electrons. The molecule has 82 valence electrons. The van der Waals surface area contributed by atoms with Crippen molar-refractivity contribution in [1.82, 2.24) is 10.6 Å². The van der Waals surface area contributed by atoms with Crippen molar-refractivity contribution in [2.75, 3.05) is 7.11 Å². The second kappa shape index (κ2) is 6.00. The highest BCUT2D eigenvalue weighted by Gasteiger charge is 2.18. The topological polar surface area (TPSA) is 76.4 Å². The maximum Gasteiger partial charge on any atom is 0.323 e. The Labute approximate surface area is 94.3 Å². The van der Waals surface area contributed by atoms with Crippen molar-refractivity contribution < 1.29 is 9.53 Å². The number of carbonyl (C=O) groups excluding carboxylic acids is 1. The first-order chi connectivity index (χ1) is 6.13. The molecule has 0 fully saturated rings. The first kappa shape index (κ1) is 13.4. The zero-order chi connectivity index (χ0) is 9.84. The van der Waals surface area contributed by atoms with Gasteiger partial charge in [0, 0.05) is 18.3 Å². The number of ether oxygens (including phenoxy) is 1. The number of nitrogens with two attached hydrogens (primary N) is 1. The van der Waals surface area contributed by atoms with Crippen LogP contribution in [-0.4, -0.2) is 24.6 Å². The van der Waals surface area contributed by atoms with E-state index in [0.717, 1.165) is 5.70 Å². The van der Waals surface area contributed by atoms with Crippen LogP contribution in [0.15, 0.2) is 11.9 Å². The summed E-state index contributed by atoms with van der Waals surface area (Å²) in [4.78, 5) is 10.9. The van der Waals surface area contributed by atoms with Gasteiger partial charge >= 0.3 is 5.97 Å². The number of rotatable bonds is 3. The molecule has 1 heterocycles. The zero-order valence-electron chi connectivity index (χ0n) is 7.69. The summed E-state index contributed by atoms with van der Waals surface area (Å²) in [5.74, 6) is -0.412. The molecule has 0 spiro atoms. The average molecular weight is 240 g/mol. The molecule has 0 amide bonds. The summed E-state index contributed by atoms with van der Waals surface area (Å²) in [6.07, 6.45) is 2.18. The minimum absolute atomic E-state index is 0. The molecule has 0 aromatic heterocycles. The summed E-state index contributed by atoms with van der Waals surface area (Å²) >= 11 is 4.12. The predicted molar refractivity (Wildman–Crippen MR) is 59.0 cm³/mol. The summed E-state index contributed by atoms with van der Waals surface area (Å²) in [6.45, 7) is 0. The number of thiol groups is 1. The summed E-state index contributed by atoms with van der Waals surface area (Å²) < 4.78 is 4.49. The molecule has 7 heteroatoms. The van der Waals surface area contributed by atoms with Crippen LogP contribution in [0.2, 0.25) is 0 Å². The van der Waals surface area contributed by atoms with Gasteiger partial charge in [-0.1, -0.05) is 0 Å². The Kier molecular flexibility index (Phi) is 5.75. The normalized spacial score (nSPS) is 21.1. The Morgan fingerprint density at radius 3 is 2.93 bits per heavy atom. The van der Waals surface area contributed by atoms with Crippen LogP contribution in [0.5, 0.6) is 0 Å². The van der Waals surface area contributed by atoms with Gasteiger partial charge in [-0.15, -0.1) is 25.0 Å². The maximum atomic E-state index is 10.9. The molecule has 1 rings (SSSR count). The van der Waals surface area contributed by atoms with E-state index in [9.17, 15) is 4.79 Å². The van der Waals surface area contributed by atoms with E-state index >= 15 is 0 Å². The standard InChI is InChI=1S/C7H13N3O2S.ClH/c1-12-6(11)5(8)2-4-3-9-7(13)10-4;/h3,5,7,9-10,13H,2,8H2,1H3;1H/t5-,7-;/m0./s1. The number of hydrogen-bond acceptors (Lipinski definition) is 6. The number of carbonyl (C=O) groups is 1. The van der Waals surface area contributed by atoms with Gasteiger partial charge in [0.1, 0.15) is 11.5 Å². The number of nitrogens with one attached hydrogen (secondary N) is 2. The monoisotopic (exact) mass is 239 g/mol. The lowest BCUT2D eigenvalue weighted by molar-refractivity contribution is -0.142. The molecule has 0 aromatic rings. The number of methoxy groups -OCH3 is 1. The molecule has 2 atom stereocenters. The van der Waals surface area contributed by atoms with E-state index in [4.69, 9.17) is 5.73 Å². The maximum absolute atomic E-state index is 10.9. The fourth-order valence-corrected chi connectivity index (χ4v) is 1.27. The van der Waals surface area contributed by atoms with E-state index in [2.05, 4.69) is 28.0 Å². The highest BCUT2D eigenvalue weighted by molar-refractivity contribution is 7.80. The van der Waals surface area contributed by atoms with Crippen LogP contribution in [-0.2, 0) is 9.53 Å². The first-order valence-electron chi connectivity index (χ1n) is 3.86. The van der Waals surface area contributed by atoms with Crippen LogP contribution < -0.4 is 16.4 Å². The van der Waals surface area contributed by atoms with Gasteiger partial charge in [-0.3, -0.25) is 4.79 Å². The van der Waals surface area contributed by atoms with Gasteiger partial charge in [0.15, 0.2) is 0 Å². The third-order valence-electron chi connectivity index (χ3n) is 1.68. The minimum Gasteiger partial charge on any atom is -0.468 e. The minimum atomic E-state index is -0.621. The highest BCUT2D eigenvalue weighted by Crippen LogP contribution is 2.07. The molecule has 1 aliphatic heterocycles. The van der Waals surface area contributed by atoms with E-state index < -0.39 is 12.0 Å². The Bertz CT molecular complexity index is 237. The Morgan fingerprint density at radius 2 is 2.50 bits per heavy atom. The van der Waals surface area contributed by atoms with E-state index in [1.165, 1.54) is 7.11 Å². The summed E-state index contributed by atoms with van der Waals surface area (Å²) in [5.41, 5.74) is 6.31. The summed E-state index contributed by atoms with van der Waals surface area (Å²) in [6, 6.07) is -0.621. The van der Waals surface area contributed by atoms with Crippen molar-refractivity contribution in [1.29, 1.82) is 0 Å². The van der Waals surface area contributed by atoms with Crippen LogP contribution in [0, 0.1) is 0 Å². The molecule has 0 aliphatic carbocycles. The smallest absolute Gasteiger partial charge is 0.323 e. The number of halogens is 1. The predicted octanol–water partition coefficient (Wildman–Crippen LogP) is -0.454. The van der Waals surface area contributed by atoms with Crippen LogP contribution >= 0.6 is 25.0 Å². The molecule has 0 aromatic carbocycles. The third-order valence-corrected chi connectivity index (χ3v) is 1.96. The van der Waals surface area contributed by atoms with Crippen LogP contribution in [0.3, 0.4) is 0 Å². The Morgan fingerprint density at radius 1 is 1.86 bits per heavy atom. The first-order valence-corrected chi connectivity index (χ1v) is 4.38. The van der Waals surface area contributed by atoms with Gasteiger partial charge < -0.3 is 21.1 Å². The van der Waals surface area contributed by atoms with Crippen molar-refractivity contribution in [3.8, 4) is 0 Å². The van der Waals surface area contributed by atoms with Crippen molar-refractivity contribution >= 4 is 31.0 Å². The van der Waals surface area contributed by atoms with Crippen molar-refractivity contribution in [3.05, 3.63) is 11.9 Å². The Balaban J connectivity index is 0.00000169. The fourth-order valence-electron chi connectivity index (χ4n) is 1.03. The lowest BCUT2D eigenvalue weighted by atomic mass is 10.2. The van der Waals surface area contributed by atoms with Gasteiger partial charge in [-0.25, -0.2) is 0 Å². The number of hydrogen-bond donors (Lipinski definition) is 4.